The van der Waals surface area contributed by atoms with Gasteiger partial charge in [-0.3, -0.25) is 14.1 Å². The van der Waals surface area contributed by atoms with Gasteiger partial charge in [0.25, 0.3) is 10.1 Å². The van der Waals surface area contributed by atoms with Crippen LogP contribution in [0.5, 0.6) is 0 Å². The molecule has 0 spiro atoms. The molecule has 104 valence electrons. The summed E-state index contributed by atoms with van der Waals surface area (Å²) in [5, 5.41) is 0. The average molecular weight is 302 g/mol. The van der Waals surface area contributed by atoms with Gasteiger partial charge in [-0.05, 0) is 6.42 Å². The van der Waals surface area contributed by atoms with Gasteiger partial charge in [0.2, 0.25) is 0 Å². The van der Waals surface area contributed by atoms with Crippen molar-refractivity contribution in [2.24, 2.45) is 5.92 Å². The maximum Gasteiger partial charge on any atom is 1.00 e. The summed E-state index contributed by atoms with van der Waals surface area (Å²) in [6.07, 6.45) is 1.23. The Morgan fingerprint density at radius 3 is 2.32 bits per heavy atom. The number of carbonyl (C=O) groups is 2. The van der Waals surface area contributed by atoms with E-state index in [9.17, 15) is 22.6 Å². The molecule has 0 aromatic rings. The molecule has 0 radical (unpaired) electrons. The van der Waals surface area contributed by atoms with Gasteiger partial charge < -0.3 is 15.9 Å². The van der Waals surface area contributed by atoms with E-state index in [-0.39, 0.29) is 42.4 Å². The summed E-state index contributed by atoms with van der Waals surface area (Å²) in [6.45, 7) is 0. The molecule has 0 bridgehead atoms. The summed E-state index contributed by atoms with van der Waals surface area (Å²) in [5.74, 6) is -2.48. The van der Waals surface area contributed by atoms with Crippen molar-refractivity contribution in [3.05, 3.63) is 6.42 Å². The van der Waals surface area contributed by atoms with Crippen molar-refractivity contribution in [3.63, 3.8) is 0 Å². The van der Waals surface area contributed by atoms with Crippen LogP contribution in [0.3, 0.4) is 0 Å². The number of methoxy groups -OCH3 is 2. The van der Waals surface area contributed by atoms with Crippen molar-refractivity contribution in [3.8, 4) is 0 Å². The first kappa shape index (κ1) is 18.9. The SMILES string of the molecule is COC(=O)C1C[CH-]CC(C(=O)OC)(S(=O)(=O)O)C1.[Na+]. The molecular weight excluding hydrogens is 287 g/mol. The second-order valence-corrected chi connectivity index (χ2v) is 5.85. The number of hydrogen-bond donors (Lipinski definition) is 1. The first-order chi connectivity index (χ1) is 8.28. The van der Waals surface area contributed by atoms with Crippen LogP contribution in [-0.4, -0.2) is 43.9 Å². The average Bonchev–Trinajstić information content (AvgIpc) is 2.35. The Morgan fingerprint density at radius 2 is 1.89 bits per heavy atom. The number of hydrogen-bond acceptors (Lipinski definition) is 6. The van der Waals surface area contributed by atoms with E-state index in [1.807, 2.05) is 0 Å². The molecule has 1 saturated carbocycles. The summed E-state index contributed by atoms with van der Waals surface area (Å²) >= 11 is 0. The minimum atomic E-state index is -4.69. The van der Waals surface area contributed by atoms with Gasteiger partial charge >= 0.3 is 41.5 Å². The van der Waals surface area contributed by atoms with E-state index in [1.165, 1.54) is 13.5 Å². The van der Waals surface area contributed by atoms with Crippen LogP contribution in [0, 0.1) is 12.3 Å². The number of ether oxygens (including phenoxy) is 2. The predicted octanol–water partition coefficient (Wildman–Crippen LogP) is -3.03. The third-order valence-electron chi connectivity index (χ3n) is 3.09. The largest absolute Gasteiger partial charge is 1.00 e. The van der Waals surface area contributed by atoms with Crippen LogP contribution in [0.15, 0.2) is 0 Å². The molecule has 0 aromatic heterocycles. The van der Waals surface area contributed by atoms with Gasteiger partial charge in [-0.2, -0.15) is 14.8 Å². The van der Waals surface area contributed by atoms with Crippen LogP contribution in [0.2, 0.25) is 0 Å². The first-order valence-electron chi connectivity index (χ1n) is 5.23. The molecule has 9 heteroatoms. The third kappa shape index (κ3) is 3.69. The molecule has 0 saturated heterocycles. The van der Waals surface area contributed by atoms with Crippen LogP contribution in [0.1, 0.15) is 19.3 Å². The summed E-state index contributed by atoms with van der Waals surface area (Å²) in [4.78, 5) is 23.1. The smallest absolute Gasteiger partial charge is 0.469 e. The molecule has 0 aliphatic heterocycles. The Bertz CT molecular complexity index is 447. The molecule has 2 unspecified atom stereocenters. The van der Waals surface area contributed by atoms with E-state index in [0.717, 1.165) is 7.11 Å². The molecule has 1 N–H and O–H groups in total. The van der Waals surface area contributed by atoms with Crippen molar-refractivity contribution in [1.29, 1.82) is 0 Å². The Hall–Kier alpha value is -0.150. The van der Waals surface area contributed by atoms with E-state index in [1.54, 1.807) is 0 Å². The molecule has 1 fully saturated rings. The fourth-order valence-corrected chi connectivity index (χ4v) is 3.13. The van der Waals surface area contributed by atoms with Crippen molar-refractivity contribution in [1.82, 2.24) is 0 Å². The van der Waals surface area contributed by atoms with E-state index in [4.69, 9.17) is 0 Å². The predicted molar refractivity (Wildman–Crippen MR) is 60.0 cm³/mol. The zero-order chi connectivity index (χ0) is 14.0. The molecular formula is C10H15NaO7S. The molecule has 2 atom stereocenters. The van der Waals surface area contributed by atoms with Crippen LogP contribution in [-0.2, 0) is 29.2 Å². The van der Waals surface area contributed by atoms with Crippen LogP contribution >= 0.6 is 0 Å². The quantitative estimate of drug-likeness (QED) is 0.256. The maximum atomic E-state index is 11.7. The second kappa shape index (κ2) is 7.03. The van der Waals surface area contributed by atoms with Crippen LogP contribution in [0.4, 0.5) is 0 Å². The van der Waals surface area contributed by atoms with Gasteiger partial charge in [0.15, 0.2) is 4.75 Å². The summed E-state index contributed by atoms with van der Waals surface area (Å²) in [7, 11) is -2.49. The molecule has 19 heavy (non-hydrogen) atoms. The van der Waals surface area contributed by atoms with Crippen molar-refractivity contribution in [2.45, 2.75) is 24.0 Å². The van der Waals surface area contributed by atoms with E-state index >= 15 is 0 Å². The number of carbonyl (C=O) groups excluding carboxylic acids is 2. The zero-order valence-corrected chi connectivity index (χ0v) is 13.9. The third-order valence-corrected chi connectivity index (χ3v) is 4.57. The first-order valence-corrected chi connectivity index (χ1v) is 6.67. The Labute approximate surface area is 134 Å². The van der Waals surface area contributed by atoms with Gasteiger partial charge in [-0.1, -0.05) is 0 Å². The van der Waals surface area contributed by atoms with Gasteiger partial charge in [0.05, 0.1) is 14.2 Å². The van der Waals surface area contributed by atoms with Crippen LogP contribution < -0.4 is 29.6 Å². The monoisotopic (exact) mass is 302 g/mol. The van der Waals surface area contributed by atoms with Crippen molar-refractivity contribution in [2.75, 3.05) is 14.2 Å². The minimum absolute atomic E-state index is 0. The summed E-state index contributed by atoms with van der Waals surface area (Å²) in [6, 6.07) is 0. The topological polar surface area (TPSA) is 107 Å². The summed E-state index contributed by atoms with van der Waals surface area (Å²) in [5.41, 5.74) is 0. The number of rotatable bonds is 3. The van der Waals surface area contributed by atoms with Gasteiger partial charge in [0, 0.05) is 5.92 Å². The molecule has 0 heterocycles. The molecule has 0 amide bonds. The van der Waals surface area contributed by atoms with E-state index in [2.05, 4.69) is 9.47 Å². The van der Waals surface area contributed by atoms with Crippen molar-refractivity contribution < 1.29 is 61.6 Å². The molecule has 1 aliphatic rings. The fourth-order valence-electron chi connectivity index (χ4n) is 2.10. The fraction of sp³-hybridized carbons (Fsp3) is 0.700. The molecule has 1 rings (SSSR count). The van der Waals surface area contributed by atoms with Gasteiger partial charge in [-0.25, -0.2) is 0 Å². The van der Waals surface area contributed by atoms with Crippen LogP contribution in [0.25, 0.3) is 0 Å². The van der Waals surface area contributed by atoms with Crippen molar-refractivity contribution >= 4 is 22.1 Å². The Kier molecular flexibility index (Phi) is 6.97. The number of esters is 2. The normalized spacial score (nSPS) is 27.0. The maximum absolute atomic E-state index is 11.7. The molecule has 0 aromatic carbocycles. The zero-order valence-electron chi connectivity index (χ0n) is 11.1. The summed E-state index contributed by atoms with van der Waals surface area (Å²) < 4.78 is 39.0. The standard InChI is InChI=1S/C10H15O7S.Na/c1-16-8(11)7-4-3-5-10(6-7,9(12)17-2)18(13,14)15;/h3,7H,4-6H2,1-2H3,(H,13,14,15);/q-1;+1. The molecule has 7 nitrogen and oxygen atoms in total. The molecule has 1 aliphatic carbocycles. The second-order valence-electron chi connectivity index (χ2n) is 4.11. The Morgan fingerprint density at radius 1 is 1.32 bits per heavy atom. The Balaban J connectivity index is 0.00000324. The van der Waals surface area contributed by atoms with E-state index < -0.39 is 32.7 Å². The van der Waals surface area contributed by atoms with Gasteiger partial charge in [0.1, 0.15) is 0 Å². The minimum Gasteiger partial charge on any atom is -0.469 e. The van der Waals surface area contributed by atoms with E-state index in [0.29, 0.717) is 6.42 Å². The van der Waals surface area contributed by atoms with Gasteiger partial charge in [-0.15, -0.1) is 6.42 Å².